The van der Waals surface area contributed by atoms with E-state index in [0.29, 0.717) is 0 Å². The Morgan fingerprint density at radius 3 is 1.53 bits per heavy atom. The van der Waals surface area contributed by atoms with Crippen LogP contribution in [0.4, 0.5) is 17.1 Å². The standard InChI is InChI=1S/C60H39NO/c1-3-16-43(17-4-1)58-53-24-10-9-22-50(53)51-38-33-45(39-55(51)59(58)44-18-5-2-6-19-44)40-29-34-46(35-30-40)61(56-27-14-26-54-52-23-11-12-28-57(52)62-60(54)56)47-36-31-42(32-37-47)49-25-13-20-41-15-7-8-21-48(41)49/h1-39H. The zero-order chi connectivity index (χ0) is 41.0. The van der Waals surface area contributed by atoms with Gasteiger partial charge < -0.3 is 9.32 Å². The van der Waals surface area contributed by atoms with Gasteiger partial charge in [0.25, 0.3) is 0 Å². The third kappa shape index (κ3) is 5.96. The predicted octanol–water partition coefficient (Wildman–Crippen LogP) is 17.2. The molecule has 0 atom stereocenters. The summed E-state index contributed by atoms with van der Waals surface area (Å²) in [6, 6.07) is 85.4. The van der Waals surface area contributed by atoms with Gasteiger partial charge in [-0.05, 0) is 119 Å². The molecule has 0 aliphatic carbocycles. The van der Waals surface area contributed by atoms with Crippen molar-refractivity contribution in [2.24, 2.45) is 0 Å². The summed E-state index contributed by atoms with van der Waals surface area (Å²) < 4.78 is 6.66. The van der Waals surface area contributed by atoms with Crippen molar-refractivity contribution in [1.82, 2.24) is 0 Å². The van der Waals surface area contributed by atoms with E-state index in [1.807, 2.05) is 6.07 Å². The number of rotatable bonds is 7. The van der Waals surface area contributed by atoms with E-state index in [1.165, 1.54) is 71.3 Å². The van der Waals surface area contributed by atoms with E-state index in [-0.39, 0.29) is 0 Å². The predicted molar refractivity (Wildman–Crippen MR) is 263 cm³/mol. The van der Waals surface area contributed by atoms with Crippen LogP contribution < -0.4 is 4.90 Å². The minimum absolute atomic E-state index is 0.861. The highest BCUT2D eigenvalue weighted by molar-refractivity contribution is 6.22. The largest absolute Gasteiger partial charge is 0.454 e. The lowest BCUT2D eigenvalue weighted by atomic mass is 9.84. The highest BCUT2D eigenvalue weighted by atomic mass is 16.3. The van der Waals surface area contributed by atoms with E-state index in [0.717, 1.165) is 44.6 Å². The number of benzene rings is 11. The molecule has 2 nitrogen and oxygen atoms in total. The lowest BCUT2D eigenvalue weighted by Gasteiger charge is -2.26. The minimum atomic E-state index is 0.861. The van der Waals surface area contributed by atoms with Crippen LogP contribution in [0, 0.1) is 0 Å². The first-order valence-corrected chi connectivity index (χ1v) is 21.3. The van der Waals surface area contributed by atoms with Gasteiger partial charge in [-0.15, -0.1) is 0 Å². The molecule has 0 amide bonds. The summed E-state index contributed by atoms with van der Waals surface area (Å²) in [5.41, 5.74) is 14.5. The number of nitrogens with zero attached hydrogens (tertiary/aromatic N) is 1. The van der Waals surface area contributed by atoms with Crippen molar-refractivity contribution in [2.75, 3.05) is 4.90 Å². The molecule has 2 heteroatoms. The van der Waals surface area contributed by atoms with E-state index in [9.17, 15) is 0 Å². The second-order valence-electron chi connectivity index (χ2n) is 16.0. The first kappa shape index (κ1) is 35.7. The summed E-state index contributed by atoms with van der Waals surface area (Å²) in [5.74, 6) is 0. The molecular formula is C60H39NO. The van der Waals surface area contributed by atoms with Crippen LogP contribution in [0.2, 0.25) is 0 Å². The monoisotopic (exact) mass is 789 g/mol. The molecule has 62 heavy (non-hydrogen) atoms. The fourth-order valence-corrected chi connectivity index (χ4v) is 9.59. The normalized spacial score (nSPS) is 11.5. The second kappa shape index (κ2) is 14.8. The summed E-state index contributed by atoms with van der Waals surface area (Å²) in [4.78, 5) is 2.33. The molecular weight excluding hydrogens is 751 g/mol. The Balaban J connectivity index is 1.01. The van der Waals surface area contributed by atoms with Crippen LogP contribution in [0.25, 0.3) is 98.8 Å². The summed E-state index contributed by atoms with van der Waals surface area (Å²) in [7, 11) is 0. The molecule has 0 saturated heterocycles. The number of anilines is 3. The van der Waals surface area contributed by atoms with Crippen LogP contribution >= 0.6 is 0 Å². The molecule has 12 aromatic rings. The number of para-hydroxylation sites is 2. The molecule has 1 heterocycles. The second-order valence-corrected chi connectivity index (χ2v) is 16.0. The van der Waals surface area contributed by atoms with Gasteiger partial charge in [-0.2, -0.15) is 0 Å². The Morgan fingerprint density at radius 2 is 0.806 bits per heavy atom. The fourth-order valence-electron chi connectivity index (χ4n) is 9.59. The topological polar surface area (TPSA) is 16.4 Å². The molecule has 0 fully saturated rings. The fraction of sp³-hybridized carbons (Fsp3) is 0. The number of furan rings is 1. The van der Waals surface area contributed by atoms with Gasteiger partial charge in [0.15, 0.2) is 5.58 Å². The lowest BCUT2D eigenvalue weighted by molar-refractivity contribution is 0.669. The SMILES string of the molecule is c1ccc(-c2c(-c3ccccc3)c3cc(-c4ccc(N(c5ccc(-c6cccc7ccccc67)cc5)c5cccc6c5oc5ccccc56)cc4)ccc3c3ccccc23)cc1. The molecule has 0 spiro atoms. The molecule has 12 rings (SSSR count). The summed E-state index contributed by atoms with van der Waals surface area (Å²) in [6.45, 7) is 0. The van der Waals surface area contributed by atoms with Gasteiger partial charge in [-0.25, -0.2) is 0 Å². The zero-order valence-corrected chi connectivity index (χ0v) is 33.9. The minimum Gasteiger partial charge on any atom is -0.454 e. The van der Waals surface area contributed by atoms with E-state index in [1.54, 1.807) is 0 Å². The molecule has 1 aromatic heterocycles. The van der Waals surface area contributed by atoms with Gasteiger partial charge >= 0.3 is 0 Å². The molecule has 0 aliphatic rings. The Hall–Kier alpha value is -8.20. The first-order chi connectivity index (χ1) is 30.8. The van der Waals surface area contributed by atoms with Crippen LogP contribution in [0.5, 0.6) is 0 Å². The smallest absolute Gasteiger partial charge is 0.159 e. The van der Waals surface area contributed by atoms with E-state index in [2.05, 4.69) is 235 Å². The molecule has 0 saturated carbocycles. The Labute approximate surface area is 360 Å². The van der Waals surface area contributed by atoms with E-state index < -0.39 is 0 Å². The van der Waals surface area contributed by atoms with Gasteiger partial charge in [-0.3, -0.25) is 0 Å². The van der Waals surface area contributed by atoms with Crippen molar-refractivity contribution in [3.05, 3.63) is 237 Å². The van der Waals surface area contributed by atoms with Gasteiger partial charge in [0, 0.05) is 22.1 Å². The van der Waals surface area contributed by atoms with Crippen LogP contribution in [-0.4, -0.2) is 0 Å². The number of hydrogen-bond donors (Lipinski definition) is 0. The van der Waals surface area contributed by atoms with Crippen molar-refractivity contribution in [1.29, 1.82) is 0 Å². The average Bonchev–Trinajstić information content (AvgIpc) is 3.74. The van der Waals surface area contributed by atoms with Crippen molar-refractivity contribution < 1.29 is 4.42 Å². The Bertz CT molecular complexity index is 3600. The lowest BCUT2D eigenvalue weighted by Crippen LogP contribution is -2.10. The maximum Gasteiger partial charge on any atom is 0.159 e. The van der Waals surface area contributed by atoms with Crippen molar-refractivity contribution in [3.8, 4) is 44.5 Å². The van der Waals surface area contributed by atoms with Crippen LogP contribution in [0.15, 0.2) is 241 Å². The maximum atomic E-state index is 6.66. The van der Waals surface area contributed by atoms with Gasteiger partial charge in [0.05, 0.1) is 5.69 Å². The quantitative estimate of drug-likeness (QED) is 0.150. The molecule has 0 aliphatic heterocycles. The number of fused-ring (bicyclic) bond motifs is 7. The highest BCUT2D eigenvalue weighted by Gasteiger charge is 2.21. The Kier molecular flexibility index (Phi) is 8.53. The third-order valence-electron chi connectivity index (χ3n) is 12.5. The maximum absolute atomic E-state index is 6.66. The summed E-state index contributed by atoms with van der Waals surface area (Å²) in [5, 5.41) is 9.68. The van der Waals surface area contributed by atoms with Crippen LogP contribution in [-0.2, 0) is 0 Å². The van der Waals surface area contributed by atoms with Gasteiger partial charge in [0.1, 0.15) is 5.58 Å². The van der Waals surface area contributed by atoms with E-state index in [4.69, 9.17) is 4.42 Å². The average molecular weight is 790 g/mol. The molecule has 0 N–H and O–H groups in total. The highest BCUT2D eigenvalue weighted by Crippen LogP contribution is 2.47. The van der Waals surface area contributed by atoms with E-state index >= 15 is 0 Å². The van der Waals surface area contributed by atoms with Gasteiger partial charge in [-0.1, -0.05) is 194 Å². The molecule has 0 unspecified atom stereocenters. The molecule has 11 aromatic carbocycles. The van der Waals surface area contributed by atoms with Crippen molar-refractivity contribution >= 4 is 71.3 Å². The summed E-state index contributed by atoms with van der Waals surface area (Å²) in [6.07, 6.45) is 0. The number of hydrogen-bond acceptors (Lipinski definition) is 2. The Morgan fingerprint density at radius 1 is 0.290 bits per heavy atom. The van der Waals surface area contributed by atoms with Gasteiger partial charge in [0.2, 0.25) is 0 Å². The molecule has 290 valence electrons. The zero-order valence-electron chi connectivity index (χ0n) is 33.9. The first-order valence-electron chi connectivity index (χ1n) is 21.3. The van der Waals surface area contributed by atoms with Crippen molar-refractivity contribution in [2.45, 2.75) is 0 Å². The molecule has 0 radical (unpaired) electrons. The molecule has 0 bridgehead atoms. The van der Waals surface area contributed by atoms with Crippen molar-refractivity contribution in [3.63, 3.8) is 0 Å². The van der Waals surface area contributed by atoms with Crippen LogP contribution in [0.1, 0.15) is 0 Å². The van der Waals surface area contributed by atoms with Crippen LogP contribution in [0.3, 0.4) is 0 Å². The third-order valence-corrected chi connectivity index (χ3v) is 12.5. The summed E-state index contributed by atoms with van der Waals surface area (Å²) >= 11 is 0.